The van der Waals surface area contributed by atoms with Gasteiger partial charge in [0.15, 0.2) is 0 Å². The molecule has 5 aromatic rings. The predicted molar refractivity (Wildman–Crippen MR) is 193 cm³/mol. The molecule has 0 aliphatic heterocycles. The highest BCUT2D eigenvalue weighted by atomic mass is 14.5. The molecule has 0 radical (unpaired) electrons. The Morgan fingerprint density at radius 2 is 1.58 bits per heavy atom. The summed E-state index contributed by atoms with van der Waals surface area (Å²) in [5.41, 5.74) is 20.5. The van der Waals surface area contributed by atoms with Crippen LogP contribution in [0.3, 0.4) is 0 Å². The maximum Gasteiger partial charge on any atom is 0.0317 e. The van der Waals surface area contributed by atoms with Crippen molar-refractivity contribution in [2.24, 2.45) is 0 Å². The second-order valence-corrected chi connectivity index (χ2v) is 15.6. The highest BCUT2D eigenvalue weighted by Crippen LogP contribution is 2.60. The van der Waals surface area contributed by atoms with Gasteiger partial charge < -0.3 is 0 Å². The van der Waals surface area contributed by atoms with Crippen molar-refractivity contribution in [2.75, 3.05) is 0 Å². The van der Waals surface area contributed by atoms with E-state index in [-0.39, 0.29) is 10.8 Å². The first-order valence-corrected chi connectivity index (χ1v) is 16.8. The van der Waals surface area contributed by atoms with Crippen LogP contribution in [0.2, 0.25) is 0 Å². The molecule has 0 fully saturated rings. The summed E-state index contributed by atoms with van der Waals surface area (Å²) < 4.78 is 0. The van der Waals surface area contributed by atoms with Crippen molar-refractivity contribution in [3.05, 3.63) is 141 Å². The molecule has 10 rings (SSSR count). The third-order valence-electron chi connectivity index (χ3n) is 11.8. The summed E-state index contributed by atoms with van der Waals surface area (Å²) in [4.78, 5) is 0. The Balaban J connectivity index is 1.15. The Morgan fingerprint density at radius 3 is 2.44 bits per heavy atom. The van der Waals surface area contributed by atoms with Crippen LogP contribution in [0.15, 0.2) is 90.5 Å². The van der Waals surface area contributed by atoms with Crippen LogP contribution in [0.1, 0.15) is 97.0 Å². The van der Waals surface area contributed by atoms with Gasteiger partial charge in [-0.3, -0.25) is 0 Å². The minimum absolute atomic E-state index is 0.0408. The van der Waals surface area contributed by atoms with Crippen molar-refractivity contribution in [1.82, 2.24) is 0 Å². The number of rotatable bonds is 1. The minimum atomic E-state index is -0.0408. The molecule has 218 valence electrons. The van der Waals surface area contributed by atoms with Crippen molar-refractivity contribution in [2.45, 2.75) is 70.6 Å². The molecule has 0 N–H and O–H groups in total. The van der Waals surface area contributed by atoms with E-state index >= 15 is 0 Å². The van der Waals surface area contributed by atoms with E-state index in [2.05, 4.69) is 132 Å². The van der Waals surface area contributed by atoms with Gasteiger partial charge in [-0.15, -0.1) is 0 Å². The van der Waals surface area contributed by atoms with Gasteiger partial charge >= 0.3 is 0 Å². The maximum atomic E-state index is 2.57. The third-order valence-corrected chi connectivity index (χ3v) is 11.8. The smallest absolute Gasteiger partial charge is 0.0317 e. The van der Waals surface area contributed by atoms with Gasteiger partial charge in [0, 0.05) is 11.3 Å². The number of allylic oxidation sites excluding steroid dienone is 6. The van der Waals surface area contributed by atoms with Crippen LogP contribution >= 0.6 is 0 Å². The third kappa shape index (κ3) is 3.33. The van der Waals surface area contributed by atoms with Crippen LogP contribution in [0.5, 0.6) is 0 Å². The Bertz CT molecular complexity index is 2340. The average molecular weight is 579 g/mol. The fourth-order valence-corrected chi connectivity index (χ4v) is 9.42. The molecule has 0 saturated heterocycles. The van der Waals surface area contributed by atoms with Gasteiger partial charge in [-0.05, 0) is 130 Å². The molecule has 5 aliphatic rings. The molecule has 1 atom stereocenters. The quantitative estimate of drug-likeness (QED) is 0.186. The summed E-state index contributed by atoms with van der Waals surface area (Å²) in [5.74, 6) is 0.328. The van der Waals surface area contributed by atoms with Crippen molar-refractivity contribution in [3.63, 3.8) is 0 Å². The molecule has 45 heavy (non-hydrogen) atoms. The number of benzene rings is 5. The van der Waals surface area contributed by atoms with E-state index in [4.69, 9.17) is 0 Å². The summed E-state index contributed by atoms with van der Waals surface area (Å²) in [6, 6.07) is 26.6. The lowest BCUT2D eigenvalue weighted by Crippen LogP contribution is -2.20. The molecule has 1 unspecified atom stereocenters. The van der Waals surface area contributed by atoms with Crippen molar-refractivity contribution in [3.8, 4) is 11.1 Å². The van der Waals surface area contributed by atoms with Crippen LogP contribution < -0.4 is 0 Å². The molecule has 5 aliphatic carbocycles. The SMILES string of the molecule is CC(C)(C)c1cc2c3c4c(ccc3c1)C=C1C(C4=CC2)c2ccc(-c3ccc4c5c6c(ccc35)C=CCC6=CC4)cc2C1(C)C. The minimum Gasteiger partial charge on any atom is -0.0795 e. The molecule has 0 aromatic heterocycles. The van der Waals surface area contributed by atoms with Gasteiger partial charge in [0.05, 0.1) is 0 Å². The molecule has 0 heterocycles. The van der Waals surface area contributed by atoms with Crippen LogP contribution in [-0.4, -0.2) is 0 Å². The molecular weight excluding hydrogens is 540 g/mol. The topological polar surface area (TPSA) is 0 Å². The molecule has 5 aromatic carbocycles. The van der Waals surface area contributed by atoms with Gasteiger partial charge in [-0.25, -0.2) is 0 Å². The van der Waals surface area contributed by atoms with Crippen LogP contribution in [0.4, 0.5) is 0 Å². The van der Waals surface area contributed by atoms with Gasteiger partial charge in [0.1, 0.15) is 0 Å². The second-order valence-electron chi connectivity index (χ2n) is 15.6. The van der Waals surface area contributed by atoms with Crippen LogP contribution in [-0.2, 0) is 23.7 Å². The van der Waals surface area contributed by atoms with Gasteiger partial charge in [-0.2, -0.15) is 0 Å². The molecule has 0 bridgehead atoms. The Hall–Kier alpha value is -4.42. The predicted octanol–water partition coefficient (Wildman–Crippen LogP) is 11.7. The molecule has 0 saturated carbocycles. The fraction of sp³-hybridized carbons (Fsp3) is 0.244. The highest BCUT2D eigenvalue weighted by Gasteiger charge is 2.46. The lowest BCUT2D eigenvalue weighted by Gasteiger charge is -2.34. The Labute approximate surface area is 266 Å². The standard InChI is InChI=1S/C45H38/c1-44(2,3)32-21-29-11-12-31-24-38-43(36-20-16-30(22-32)40(29)42(31)36)35-19-15-28(23-37(35)45(38,4)5)33-17-13-27-10-9-25-7-6-8-26-14-18-34(33)41(27)39(25)26/h6,8-9,11-15,17-24,43H,7,10,16H2,1-5H3. The fourth-order valence-electron chi connectivity index (χ4n) is 9.42. The van der Waals surface area contributed by atoms with Crippen molar-refractivity contribution in [1.29, 1.82) is 0 Å². The summed E-state index contributed by atoms with van der Waals surface area (Å²) in [7, 11) is 0. The zero-order chi connectivity index (χ0) is 30.4. The highest BCUT2D eigenvalue weighted by molar-refractivity contribution is 6.09. The lowest BCUT2D eigenvalue weighted by atomic mass is 9.69. The molecular formula is C45H38. The largest absolute Gasteiger partial charge is 0.0795 e. The van der Waals surface area contributed by atoms with Crippen LogP contribution in [0, 0.1) is 0 Å². The van der Waals surface area contributed by atoms with E-state index in [9.17, 15) is 0 Å². The summed E-state index contributed by atoms with van der Waals surface area (Å²) in [6.07, 6.45) is 15.3. The van der Waals surface area contributed by atoms with Gasteiger partial charge in [0.25, 0.3) is 0 Å². The average Bonchev–Trinajstić information content (AvgIpc) is 3.27. The van der Waals surface area contributed by atoms with E-state index in [1.54, 1.807) is 5.57 Å². The van der Waals surface area contributed by atoms with E-state index < -0.39 is 0 Å². The van der Waals surface area contributed by atoms with E-state index in [0.29, 0.717) is 5.92 Å². The Morgan fingerprint density at radius 1 is 0.733 bits per heavy atom. The van der Waals surface area contributed by atoms with Gasteiger partial charge in [0.2, 0.25) is 0 Å². The zero-order valence-electron chi connectivity index (χ0n) is 26.9. The van der Waals surface area contributed by atoms with E-state index in [1.807, 2.05) is 0 Å². The molecule has 0 nitrogen and oxygen atoms in total. The van der Waals surface area contributed by atoms with Crippen molar-refractivity contribution < 1.29 is 0 Å². The number of fused-ring (bicyclic) bond motifs is 4. The number of hydrogen-bond donors (Lipinski definition) is 0. The lowest BCUT2D eigenvalue weighted by molar-refractivity contribution is 0.590. The van der Waals surface area contributed by atoms with Crippen LogP contribution in [0.25, 0.3) is 56.0 Å². The summed E-state index contributed by atoms with van der Waals surface area (Å²) in [5, 5.41) is 5.75. The van der Waals surface area contributed by atoms with E-state index in [0.717, 1.165) is 19.3 Å². The first-order valence-electron chi connectivity index (χ1n) is 16.8. The molecule has 0 spiro atoms. The van der Waals surface area contributed by atoms with Crippen molar-refractivity contribution >= 4 is 44.8 Å². The summed E-state index contributed by atoms with van der Waals surface area (Å²) in [6.45, 7) is 11.9. The zero-order valence-corrected chi connectivity index (χ0v) is 26.9. The molecule has 0 amide bonds. The first-order chi connectivity index (χ1) is 21.7. The monoisotopic (exact) mass is 578 g/mol. The normalized spacial score (nSPS) is 19.7. The van der Waals surface area contributed by atoms with E-state index in [1.165, 1.54) is 93.9 Å². The molecule has 0 heteroatoms. The maximum absolute atomic E-state index is 2.57. The number of hydrogen-bond acceptors (Lipinski definition) is 0. The second kappa shape index (κ2) is 8.43. The van der Waals surface area contributed by atoms with Gasteiger partial charge in [-0.1, -0.05) is 126 Å². The summed E-state index contributed by atoms with van der Waals surface area (Å²) >= 11 is 0. The first kappa shape index (κ1) is 25.9. The Kier molecular flexibility index (Phi) is 4.85.